The van der Waals surface area contributed by atoms with Crippen LogP contribution in [0.4, 0.5) is 0 Å². The van der Waals surface area contributed by atoms with Gasteiger partial charge in [-0.25, -0.2) is 0 Å². The fourth-order valence-corrected chi connectivity index (χ4v) is 3.08. The highest BCUT2D eigenvalue weighted by molar-refractivity contribution is 5.95. The summed E-state index contributed by atoms with van der Waals surface area (Å²) < 4.78 is 5.07. The first-order chi connectivity index (χ1) is 13.5. The van der Waals surface area contributed by atoms with Crippen molar-refractivity contribution in [2.75, 3.05) is 33.3 Å². The third-order valence-corrected chi connectivity index (χ3v) is 4.80. The van der Waals surface area contributed by atoms with Gasteiger partial charge in [-0.15, -0.1) is 0 Å². The van der Waals surface area contributed by atoms with Crippen LogP contribution in [0.1, 0.15) is 21.5 Å². The Morgan fingerprint density at radius 2 is 1.64 bits per heavy atom. The molecule has 0 unspecified atom stereocenters. The first kappa shape index (κ1) is 19.5. The van der Waals surface area contributed by atoms with Crippen LogP contribution in [0.25, 0.3) is 6.08 Å². The van der Waals surface area contributed by atoms with Crippen molar-refractivity contribution in [2.24, 2.45) is 0 Å². The normalized spacial score (nSPS) is 14.4. The van der Waals surface area contributed by atoms with Crippen molar-refractivity contribution in [3.63, 3.8) is 0 Å². The Labute approximate surface area is 164 Å². The van der Waals surface area contributed by atoms with Crippen LogP contribution in [-0.2, 0) is 4.79 Å². The number of phenols is 1. The van der Waals surface area contributed by atoms with E-state index < -0.39 is 0 Å². The first-order valence-electron chi connectivity index (χ1n) is 9.18. The standard InChI is InChI=1S/C22H24N2O4/c1-16-3-7-18(8-4-16)22(27)24-13-11-23(12-14-24)21(26)10-6-17-5-9-19(25)20(15-17)28-2/h3-10,15,25H,11-14H2,1-2H3. The van der Waals surface area contributed by atoms with Crippen molar-refractivity contribution in [3.05, 3.63) is 65.2 Å². The molecule has 0 radical (unpaired) electrons. The van der Waals surface area contributed by atoms with Crippen LogP contribution in [0.3, 0.4) is 0 Å². The van der Waals surface area contributed by atoms with Crippen LogP contribution in [0.15, 0.2) is 48.5 Å². The van der Waals surface area contributed by atoms with Crippen molar-refractivity contribution in [2.45, 2.75) is 6.92 Å². The quantitative estimate of drug-likeness (QED) is 0.828. The van der Waals surface area contributed by atoms with Gasteiger partial charge in [0, 0.05) is 37.8 Å². The Balaban J connectivity index is 1.56. The van der Waals surface area contributed by atoms with E-state index in [0.29, 0.717) is 37.5 Å². The molecule has 1 fully saturated rings. The largest absolute Gasteiger partial charge is 0.504 e. The van der Waals surface area contributed by atoms with Gasteiger partial charge in [0.2, 0.25) is 5.91 Å². The Morgan fingerprint density at radius 1 is 1.00 bits per heavy atom. The molecule has 0 bridgehead atoms. The van der Waals surface area contributed by atoms with Crippen molar-refractivity contribution in [1.29, 1.82) is 0 Å². The lowest BCUT2D eigenvalue weighted by Gasteiger charge is -2.34. The summed E-state index contributed by atoms with van der Waals surface area (Å²) in [4.78, 5) is 28.5. The third kappa shape index (κ3) is 4.52. The summed E-state index contributed by atoms with van der Waals surface area (Å²) in [5.74, 6) is 0.312. The summed E-state index contributed by atoms with van der Waals surface area (Å²) in [6.45, 7) is 4.01. The topological polar surface area (TPSA) is 70.1 Å². The average molecular weight is 380 g/mol. The maximum absolute atomic E-state index is 12.6. The molecule has 0 aromatic heterocycles. The van der Waals surface area contributed by atoms with Gasteiger partial charge in [-0.2, -0.15) is 0 Å². The van der Waals surface area contributed by atoms with E-state index in [0.717, 1.165) is 11.1 Å². The number of nitrogens with zero attached hydrogens (tertiary/aromatic N) is 2. The third-order valence-electron chi connectivity index (χ3n) is 4.80. The van der Waals surface area contributed by atoms with Gasteiger partial charge in [-0.1, -0.05) is 23.8 Å². The van der Waals surface area contributed by atoms with Gasteiger partial charge in [0.15, 0.2) is 11.5 Å². The number of rotatable bonds is 4. The SMILES string of the molecule is COc1cc(C=CC(=O)N2CCN(C(=O)c3ccc(C)cc3)CC2)ccc1O. The molecule has 3 rings (SSSR count). The molecular formula is C22H24N2O4. The van der Waals surface area contributed by atoms with E-state index >= 15 is 0 Å². The zero-order chi connectivity index (χ0) is 20.1. The number of phenolic OH excluding ortho intramolecular Hbond substituents is 1. The Bertz CT molecular complexity index is 882. The number of benzene rings is 2. The predicted molar refractivity (Wildman–Crippen MR) is 107 cm³/mol. The van der Waals surface area contributed by atoms with Crippen molar-refractivity contribution in [3.8, 4) is 11.5 Å². The monoisotopic (exact) mass is 380 g/mol. The van der Waals surface area contributed by atoms with Gasteiger partial charge >= 0.3 is 0 Å². The summed E-state index contributed by atoms with van der Waals surface area (Å²) in [6.07, 6.45) is 3.19. The van der Waals surface area contributed by atoms with E-state index in [2.05, 4.69) is 0 Å². The Kier molecular flexibility index (Phi) is 5.99. The zero-order valence-corrected chi connectivity index (χ0v) is 16.1. The minimum absolute atomic E-state index is 0.00108. The van der Waals surface area contributed by atoms with E-state index in [1.165, 1.54) is 19.3 Å². The molecule has 0 spiro atoms. The smallest absolute Gasteiger partial charge is 0.253 e. The maximum atomic E-state index is 12.6. The highest BCUT2D eigenvalue weighted by atomic mass is 16.5. The minimum Gasteiger partial charge on any atom is -0.504 e. The van der Waals surface area contributed by atoms with Gasteiger partial charge in [0.1, 0.15) is 0 Å². The zero-order valence-electron chi connectivity index (χ0n) is 16.1. The molecule has 1 aliphatic rings. The lowest BCUT2D eigenvalue weighted by atomic mass is 10.1. The number of hydrogen-bond donors (Lipinski definition) is 1. The molecule has 1 heterocycles. The fourth-order valence-electron chi connectivity index (χ4n) is 3.08. The number of ether oxygens (including phenoxy) is 1. The average Bonchev–Trinajstić information content (AvgIpc) is 2.73. The van der Waals surface area contributed by atoms with E-state index in [4.69, 9.17) is 4.74 Å². The van der Waals surface area contributed by atoms with Crippen molar-refractivity contribution >= 4 is 17.9 Å². The molecule has 0 aliphatic carbocycles. The van der Waals surface area contributed by atoms with Crippen LogP contribution in [0.2, 0.25) is 0 Å². The number of aryl methyl sites for hydroxylation is 1. The predicted octanol–water partition coefficient (Wildman–Crippen LogP) is 2.71. The number of carbonyl (C=O) groups excluding carboxylic acids is 2. The summed E-state index contributed by atoms with van der Waals surface area (Å²) in [5.41, 5.74) is 2.55. The van der Waals surface area contributed by atoms with E-state index in [9.17, 15) is 14.7 Å². The Hall–Kier alpha value is -3.28. The van der Waals surface area contributed by atoms with Gasteiger partial charge in [0.25, 0.3) is 5.91 Å². The summed E-state index contributed by atoms with van der Waals surface area (Å²) in [6, 6.07) is 12.4. The molecule has 1 aliphatic heterocycles. The molecular weight excluding hydrogens is 356 g/mol. The van der Waals surface area contributed by atoms with Crippen molar-refractivity contribution < 1.29 is 19.4 Å². The van der Waals surface area contributed by atoms with Crippen LogP contribution in [0, 0.1) is 6.92 Å². The second kappa shape index (κ2) is 8.61. The molecule has 1 saturated heterocycles. The lowest BCUT2D eigenvalue weighted by molar-refractivity contribution is -0.127. The van der Waals surface area contributed by atoms with Crippen LogP contribution < -0.4 is 4.74 Å². The highest BCUT2D eigenvalue weighted by Gasteiger charge is 2.23. The van der Waals surface area contributed by atoms with Gasteiger partial charge < -0.3 is 19.6 Å². The number of aromatic hydroxyl groups is 1. The number of amides is 2. The molecule has 2 aromatic carbocycles. The lowest BCUT2D eigenvalue weighted by Crippen LogP contribution is -2.50. The second-order valence-corrected chi connectivity index (χ2v) is 6.75. The molecule has 1 N–H and O–H groups in total. The Morgan fingerprint density at radius 3 is 2.29 bits per heavy atom. The molecule has 2 aromatic rings. The number of carbonyl (C=O) groups is 2. The molecule has 28 heavy (non-hydrogen) atoms. The molecule has 2 amide bonds. The summed E-state index contributed by atoms with van der Waals surface area (Å²) in [7, 11) is 1.48. The van der Waals surface area contributed by atoms with E-state index in [1.807, 2.05) is 31.2 Å². The number of methoxy groups -OCH3 is 1. The van der Waals surface area contributed by atoms with Gasteiger partial charge in [-0.05, 0) is 42.8 Å². The molecule has 146 valence electrons. The molecule has 0 atom stereocenters. The van der Waals surface area contributed by atoms with Crippen LogP contribution in [-0.4, -0.2) is 60.0 Å². The molecule has 0 saturated carbocycles. The fraction of sp³-hybridized carbons (Fsp3) is 0.273. The van der Waals surface area contributed by atoms with E-state index in [1.54, 1.807) is 28.0 Å². The number of piperazine rings is 1. The second-order valence-electron chi connectivity index (χ2n) is 6.75. The number of hydrogen-bond acceptors (Lipinski definition) is 4. The highest BCUT2D eigenvalue weighted by Crippen LogP contribution is 2.26. The summed E-state index contributed by atoms with van der Waals surface area (Å²) >= 11 is 0. The van der Waals surface area contributed by atoms with Crippen LogP contribution >= 0.6 is 0 Å². The maximum Gasteiger partial charge on any atom is 0.253 e. The van der Waals surface area contributed by atoms with Gasteiger partial charge in [0.05, 0.1) is 7.11 Å². The van der Waals surface area contributed by atoms with Gasteiger partial charge in [-0.3, -0.25) is 9.59 Å². The molecule has 6 nitrogen and oxygen atoms in total. The molecule has 6 heteroatoms. The minimum atomic E-state index is -0.102. The van der Waals surface area contributed by atoms with Crippen molar-refractivity contribution in [1.82, 2.24) is 9.80 Å². The first-order valence-corrected chi connectivity index (χ1v) is 9.18. The van der Waals surface area contributed by atoms with E-state index in [-0.39, 0.29) is 17.6 Å². The summed E-state index contributed by atoms with van der Waals surface area (Å²) in [5, 5.41) is 9.63. The van der Waals surface area contributed by atoms with Crippen LogP contribution in [0.5, 0.6) is 11.5 Å².